The van der Waals surface area contributed by atoms with Crippen molar-refractivity contribution >= 4 is 17.5 Å². The first-order chi connectivity index (χ1) is 13.7. The fourth-order valence-corrected chi connectivity index (χ4v) is 2.41. The standard InChI is InChI=1S/C21H22N4O3/c1-27-15-5-13-22-21-23-14-12-19(25-21)20(26)24-16-8-10-18(11-9-16)28-17-6-3-2-4-7-17/h2-4,6-12,14H,5,13,15H2,1H3,(H,24,26)(H,22,23,25). The summed E-state index contributed by atoms with van der Waals surface area (Å²) >= 11 is 0. The molecular weight excluding hydrogens is 356 g/mol. The predicted octanol–water partition coefficient (Wildman–Crippen LogP) is 3.97. The summed E-state index contributed by atoms with van der Waals surface area (Å²) in [5.41, 5.74) is 0.937. The van der Waals surface area contributed by atoms with E-state index in [0.29, 0.717) is 30.5 Å². The maximum Gasteiger partial charge on any atom is 0.274 e. The van der Waals surface area contributed by atoms with Gasteiger partial charge in [-0.15, -0.1) is 0 Å². The smallest absolute Gasteiger partial charge is 0.274 e. The minimum atomic E-state index is -0.306. The lowest BCUT2D eigenvalue weighted by Gasteiger charge is -2.09. The Balaban J connectivity index is 1.57. The van der Waals surface area contributed by atoms with Gasteiger partial charge in [-0.1, -0.05) is 18.2 Å². The third-order valence-electron chi connectivity index (χ3n) is 3.79. The van der Waals surface area contributed by atoms with Crippen molar-refractivity contribution in [1.82, 2.24) is 9.97 Å². The van der Waals surface area contributed by atoms with E-state index >= 15 is 0 Å². The van der Waals surface area contributed by atoms with E-state index in [1.807, 2.05) is 30.3 Å². The molecule has 2 aromatic carbocycles. The lowest BCUT2D eigenvalue weighted by Crippen LogP contribution is -2.15. The third-order valence-corrected chi connectivity index (χ3v) is 3.79. The molecule has 3 rings (SSSR count). The van der Waals surface area contributed by atoms with Crippen molar-refractivity contribution in [2.45, 2.75) is 6.42 Å². The van der Waals surface area contributed by atoms with Crippen molar-refractivity contribution in [1.29, 1.82) is 0 Å². The van der Waals surface area contributed by atoms with E-state index in [1.54, 1.807) is 43.6 Å². The molecule has 0 bridgehead atoms. The lowest BCUT2D eigenvalue weighted by atomic mass is 10.3. The normalized spacial score (nSPS) is 10.3. The zero-order chi connectivity index (χ0) is 19.6. The van der Waals surface area contributed by atoms with Crippen LogP contribution < -0.4 is 15.4 Å². The van der Waals surface area contributed by atoms with Crippen LogP contribution in [0.2, 0.25) is 0 Å². The molecule has 0 aliphatic rings. The number of anilines is 2. The molecule has 0 saturated heterocycles. The van der Waals surface area contributed by atoms with E-state index in [-0.39, 0.29) is 11.6 Å². The number of carbonyl (C=O) groups excluding carboxylic acids is 1. The Morgan fingerprint density at radius 1 is 1.00 bits per heavy atom. The predicted molar refractivity (Wildman–Crippen MR) is 108 cm³/mol. The molecule has 0 fully saturated rings. The van der Waals surface area contributed by atoms with Gasteiger partial charge in [0, 0.05) is 32.1 Å². The summed E-state index contributed by atoms with van der Waals surface area (Å²) in [5, 5.41) is 5.89. The van der Waals surface area contributed by atoms with Gasteiger partial charge in [-0.2, -0.15) is 0 Å². The molecule has 0 aliphatic heterocycles. The molecule has 0 atom stereocenters. The Bertz CT molecular complexity index is 886. The molecule has 28 heavy (non-hydrogen) atoms. The summed E-state index contributed by atoms with van der Waals surface area (Å²) in [6.45, 7) is 1.32. The molecule has 1 amide bonds. The van der Waals surface area contributed by atoms with E-state index in [9.17, 15) is 4.79 Å². The zero-order valence-corrected chi connectivity index (χ0v) is 15.6. The van der Waals surface area contributed by atoms with Crippen molar-refractivity contribution < 1.29 is 14.3 Å². The maximum absolute atomic E-state index is 12.4. The van der Waals surface area contributed by atoms with E-state index in [0.717, 1.165) is 12.2 Å². The first kappa shape index (κ1) is 19.3. The Hall–Kier alpha value is -3.45. The Morgan fingerprint density at radius 3 is 2.50 bits per heavy atom. The number of carbonyl (C=O) groups is 1. The van der Waals surface area contributed by atoms with Crippen LogP contribution in [0.25, 0.3) is 0 Å². The van der Waals surface area contributed by atoms with Crippen LogP contribution in [0.1, 0.15) is 16.9 Å². The van der Waals surface area contributed by atoms with Gasteiger partial charge in [0.05, 0.1) is 0 Å². The molecule has 7 nitrogen and oxygen atoms in total. The highest BCUT2D eigenvalue weighted by Gasteiger charge is 2.09. The zero-order valence-electron chi connectivity index (χ0n) is 15.6. The van der Waals surface area contributed by atoms with Crippen molar-refractivity contribution in [3.8, 4) is 11.5 Å². The summed E-state index contributed by atoms with van der Waals surface area (Å²) in [7, 11) is 1.65. The maximum atomic E-state index is 12.4. The van der Waals surface area contributed by atoms with Gasteiger partial charge in [-0.3, -0.25) is 4.79 Å². The van der Waals surface area contributed by atoms with Crippen LogP contribution in [0.5, 0.6) is 11.5 Å². The molecule has 0 spiro atoms. The van der Waals surface area contributed by atoms with Crippen LogP contribution in [-0.4, -0.2) is 36.1 Å². The van der Waals surface area contributed by atoms with E-state index < -0.39 is 0 Å². The molecule has 144 valence electrons. The van der Waals surface area contributed by atoms with Gasteiger partial charge in [0.2, 0.25) is 5.95 Å². The number of hydrogen-bond donors (Lipinski definition) is 2. The number of benzene rings is 2. The molecule has 0 saturated carbocycles. The van der Waals surface area contributed by atoms with Gasteiger partial charge in [0.1, 0.15) is 17.2 Å². The average Bonchev–Trinajstić information content (AvgIpc) is 2.74. The molecule has 0 radical (unpaired) electrons. The second kappa shape index (κ2) is 10.0. The van der Waals surface area contributed by atoms with Crippen LogP contribution >= 0.6 is 0 Å². The number of methoxy groups -OCH3 is 1. The van der Waals surface area contributed by atoms with Gasteiger partial charge in [-0.05, 0) is 48.9 Å². The Kier molecular flexibility index (Phi) is 6.92. The van der Waals surface area contributed by atoms with E-state index in [2.05, 4.69) is 20.6 Å². The van der Waals surface area contributed by atoms with Crippen LogP contribution in [0.4, 0.5) is 11.6 Å². The highest BCUT2D eigenvalue weighted by Crippen LogP contribution is 2.22. The van der Waals surface area contributed by atoms with Crippen LogP contribution in [0.3, 0.4) is 0 Å². The molecule has 7 heteroatoms. The average molecular weight is 378 g/mol. The highest BCUT2D eigenvalue weighted by atomic mass is 16.5. The summed E-state index contributed by atoms with van der Waals surface area (Å²) < 4.78 is 10.7. The minimum Gasteiger partial charge on any atom is -0.457 e. The molecule has 1 heterocycles. The second-order valence-electron chi connectivity index (χ2n) is 5.93. The van der Waals surface area contributed by atoms with Crippen LogP contribution in [0, 0.1) is 0 Å². The van der Waals surface area contributed by atoms with Gasteiger partial charge in [0.15, 0.2) is 0 Å². The molecular formula is C21H22N4O3. The van der Waals surface area contributed by atoms with E-state index in [4.69, 9.17) is 9.47 Å². The number of rotatable bonds is 9. The first-order valence-electron chi connectivity index (χ1n) is 8.95. The van der Waals surface area contributed by atoms with Crippen molar-refractivity contribution in [2.75, 3.05) is 30.9 Å². The van der Waals surface area contributed by atoms with Gasteiger partial charge in [-0.25, -0.2) is 9.97 Å². The van der Waals surface area contributed by atoms with Crippen LogP contribution in [-0.2, 0) is 4.74 Å². The molecule has 0 aliphatic carbocycles. The Labute approximate surface area is 163 Å². The molecule has 3 aromatic rings. The quantitative estimate of drug-likeness (QED) is 0.548. The summed E-state index contributed by atoms with van der Waals surface area (Å²) in [4.78, 5) is 20.8. The van der Waals surface area contributed by atoms with Crippen molar-refractivity contribution in [3.63, 3.8) is 0 Å². The largest absolute Gasteiger partial charge is 0.457 e. The van der Waals surface area contributed by atoms with Gasteiger partial charge >= 0.3 is 0 Å². The van der Waals surface area contributed by atoms with Gasteiger partial charge < -0.3 is 20.1 Å². The highest BCUT2D eigenvalue weighted by molar-refractivity contribution is 6.02. The summed E-state index contributed by atoms with van der Waals surface area (Å²) in [6.07, 6.45) is 2.38. The number of hydrogen-bond acceptors (Lipinski definition) is 6. The monoisotopic (exact) mass is 378 g/mol. The lowest BCUT2D eigenvalue weighted by molar-refractivity contribution is 0.102. The fourth-order valence-electron chi connectivity index (χ4n) is 2.41. The third kappa shape index (κ3) is 5.78. The summed E-state index contributed by atoms with van der Waals surface area (Å²) in [5.74, 6) is 1.55. The number of nitrogens with one attached hydrogen (secondary N) is 2. The number of ether oxygens (including phenoxy) is 2. The number of para-hydroxylation sites is 1. The Morgan fingerprint density at radius 2 is 1.75 bits per heavy atom. The second-order valence-corrected chi connectivity index (χ2v) is 5.93. The van der Waals surface area contributed by atoms with E-state index in [1.165, 1.54) is 0 Å². The summed E-state index contributed by atoms with van der Waals surface area (Å²) in [6, 6.07) is 18.2. The van der Waals surface area contributed by atoms with Crippen molar-refractivity contribution in [2.24, 2.45) is 0 Å². The number of aromatic nitrogens is 2. The SMILES string of the molecule is COCCCNc1nccc(C(=O)Nc2ccc(Oc3ccccc3)cc2)n1. The topological polar surface area (TPSA) is 85.4 Å². The molecule has 0 unspecified atom stereocenters. The van der Waals surface area contributed by atoms with Crippen molar-refractivity contribution in [3.05, 3.63) is 72.6 Å². The fraction of sp³-hybridized carbons (Fsp3) is 0.190. The minimum absolute atomic E-state index is 0.286. The first-order valence-corrected chi connectivity index (χ1v) is 8.95. The molecule has 1 aromatic heterocycles. The molecule has 2 N–H and O–H groups in total. The number of amides is 1. The van der Waals surface area contributed by atoms with Crippen LogP contribution in [0.15, 0.2) is 66.9 Å². The number of nitrogens with zero attached hydrogens (tertiary/aromatic N) is 2. The van der Waals surface area contributed by atoms with Gasteiger partial charge in [0.25, 0.3) is 5.91 Å².